The summed E-state index contributed by atoms with van der Waals surface area (Å²) >= 11 is 0. The van der Waals surface area contributed by atoms with E-state index >= 15 is 0 Å². The Labute approximate surface area is 80.0 Å². The minimum Gasteiger partial charge on any atom is -0.481 e. The molecular weight excluding hydrogens is 184 g/mol. The first-order valence-corrected chi connectivity index (χ1v) is 4.21. The van der Waals surface area contributed by atoms with Crippen LogP contribution in [0.5, 0.6) is 0 Å². The molecule has 0 radical (unpaired) electrons. The fourth-order valence-corrected chi connectivity index (χ4v) is 1.53. The Kier molecular flexibility index (Phi) is 1.92. The largest absolute Gasteiger partial charge is 0.481 e. The van der Waals surface area contributed by atoms with E-state index in [1.807, 2.05) is 0 Å². The van der Waals surface area contributed by atoms with Gasteiger partial charge in [-0.2, -0.15) is 0 Å². The summed E-state index contributed by atoms with van der Waals surface area (Å²) < 4.78 is 1.64. The van der Waals surface area contributed by atoms with E-state index in [0.29, 0.717) is 5.82 Å². The normalized spacial score (nSPS) is 18.9. The first kappa shape index (κ1) is 8.68. The minimum absolute atomic E-state index is 0.187. The molecule has 1 aliphatic rings. The van der Waals surface area contributed by atoms with Gasteiger partial charge in [0.15, 0.2) is 0 Å². The molecule has 1 unspecified atom stereocenters. The predicted octanol–water partition coefficient (Wildman–Crippen LogP) is -0.0580. The minimum atomic E-state index is -0.977. The van der Waals surface area contributed by atoms with Gasteiger partial charge in [-0.3, -0.25) is 4.79 Å². The molecular formula is C9H9N2O3+. The van der Waals surface area contributed by atoms with Gasteiger partial charge in [0.25, 0.3) is 5.82 Å². The first-order chi connectivity index (χ1) is 6.68. The summed E-state index contributed by atoms with van der Waals surface area (Å²) in [5.74, 6) is -0.600. The van der Waals surface area contributed by atoms with Crippen molar-refractivity contribution in [1.29, 1.82) is 0 Å². The van der Waals surface area contributed by atoms with Crippen LogP contribution in [0.4, 0.5) is 5.82 Å². The van der Waals surface area contributed by atoms with Gasteiger partial charge in [-0.05, 0) is 6.07 Å². The average Bonchev–Trinajstić information content (AvgIpc) is 2.43. The summed E-state index contributed by atoms with van der Waals surface area (Å²) in [7, 11) is 0. The fraction of sp³-hybridized carbons (Fsp3) is 0.222. The second-order valence-electron chi connectivity index (χ2n) is 3.10. The Hall–Kier alpha value is -1.91. The Morgan fingerprint density at radius 3 is 3.07 bits per heavy atom. The molecule has 5 nitrogen and oxygen atoms in total. The lowest BCUT2D eigenvalue weighted by atomic mass is 10.2. The Bertz CT molecular complexity index is 403. The van der Waals surface area contributed by atoms with Crippen molar-refractivity contribution >= 4 is 17.7 Å². The standard InChI is InChI=1S/C9H8N2O3/c12-8(13)5-6-9(14)10-7-3-1-2-4-11(6)7/h1-4,6H,5H2,(H,12,13)/p+1. The number of fused-ring (bicyclic) bond motifs is 1. The topological polar surface area (TPSA) is 70.3 Å². The fourth-order valence-electron chi connectivity index (χ4n) is 1.53. The summed E-state index contributed by atoms with van der Waals surface area (Å²) in [4.78, 5) is 21.9. The average molecular weight is 193 g/mol. The highest BCUT2D eigenvalue weighted by Crippen LogP contribution is 2.16. The number of anilines is 1. The third-order valence-electron chi connectivity index (χ3n) is 2.15. The van der Waals surface area contributed by atoms with Crippen LogP contribution < -0.4 is 9.88 Å². The van der Waals surface area contributed by atoms with Crippen molar-refractivity contribution in [3.63, 3.8) is 0 Å². The molecule has 14 heavy (non-hydrogen) atoms. The number of hydrogen-bond acceptors (Lipinski definition) is 2. The Morgan fingerprint density at radius 2 is 2.36 bits per heavy atom. The van der Waals surface area contributed by atoms with E-state index in [1.165, 1.54) is 0 Å². The highest BCUT2D eigenvalue weighted by Gasteiger charge is 2.38. The molecule has 1 aromatic heterocycles. The molecule has 2 heterocycles. The summed E-state index contributed by atoms with van der Waals surface area (Å²) in [6.45, 7) is 0. The molecule has 1 aliphatic heterocycles. The van der Waals surface area contributed by atoms with Crippen molar-refractivity contribution in [2.45, 2.75) is 12.5 Å². The number of hydrogen-bond donors (Lipinski definition) is 2. The van der Waals surface area contributed by atoms with Gasteiger partial charge in [0.05, 0.1) is 12.6 Å². The Balaban J connectivity index is 2.34. The van der Waals surface area contributed by atoms with Crippen LogP contribution in [0, 0.1) is 0 Å². The van der Waals surface area contributed by atoms with Crippen LogP contribution in [-0.4, -0.2) is 17.0 Å². The highest BCUT2D eigenvalue weighted by atomic mass is 16.4. The third-order valence-corrected chi connectivity index (χ3v) is 2.15. The zero-order valence-corrected chi connectivity index (χ0v) is 7.30. The smallest absolute Gasteiger partial charge is 0.353 e. The number of carbonyl (C=O) groups is 2. The number of carbonyl (C=O) groups excluding carboxylic acids is 1. The van der Waals surface area contributed by atoms with Crippen LogP contribution >= 0.6 is 0 Å². The maximum absolute atomic E-state index is 11.4. The van der Waals surface area contributed by atoms with Crippen molar-refractivity contribution in [2.75, 3.05) is 5.32 Å². The lowest BCUT2D eigenvalue weighted by molar-refractivity contribution is -0.687. The van der Waals surface area contributed by atoms with Gasteiger partial charge in [-0.25, -0.2) is 14.7 Å². The number of rotatable bonds is 2. The summed E-state index contributed by atoms with van der Waals surface area (Å²) in [5.41, 5.74) is 0. The van der Waals surface area contributed by atoms with Gasteiger partial charge in [-0.1, -0.05) is 6.07 Å². The summed E-state index contributed by atoms with van der Waals surface area (Å²) in [5, 5.41) is 11.2. The lowest BCUT2D eigenvalue weighted by Crippen LogP contribution is -2.39. The summed E-state index contributed by atoms with van der Waals surface area (Å²) in [6, 6.07) is 4.66. The van der Waals surface area contributed by atoms with Crippen LogP contribution in [-0.2, 0) is 9.59 Å². The molecule has 0 spiro atoms. The predicted molar refractivity (Wildman–Crippen MR) is 46.6 cm³/mol. The van der Waals surface area contributed by atoms with E-state index in [4.69, 9.17) is 5.11 Å². The van der Waals surface area contributed by atoms with E-state index in [9.17, 15) is 9.59 Å². The van der Waals surface area contributed by atoms with Crippen molar-refractivity contribution in [3.05, 3.63) is 24.4 Å². The van der Waals surface area contributed by atoms with Gasteiger partial charge in [0.1, 0.15) is 0 Å². The van der Waals surface area contributed by atoms with Gasteiger partial charge in [0, 0.05) is 6.07 Å². The lowest BCUT2D eigenvalue weighted by Gasteiger charge is -2.00. The second-order valence-corrected chi connectivity index (χ2v) is 3.10. The van der Waals surface area contributed by atoms with Crippen LogP contribution in [0.3, 0.4) is 0 Å². The van der Waals surface area contributed by atoms with E-state index < -0.39 is 12.0 Å². The molecule has 1 amide bonds. The van der Waals surface area contributed by atoms with Gasteiger partial charge < -0.3 is 5.11 Å². The molecule has 0 fully saturated rings. The van der Waals surface area contributed by atoms with Crippen LogP contribution in [0.1, 0.15) is 12.5 Å². The molecule has 0 bridgehead atoms. The zero-order valence-electron chi connectivity index (χ0n) is 7.30. The van der Waals surface area contributed by atoms with E-state index in [0.717, 1.165) is 0 Å². The maximum atomic E-state index is 11.4. The summed E-state index contributed by atoms with van der Waals surface area (Å²) in [6.07, 6.45) is 1.51. The second kappa shape index (κ2) is 3.10. The molecule has 0 aliphatic carbocycles. The highest BCUT2D eigenvalue weighted by molar-refractivity contribution is 5.95. The Morgan fingerprint density at radius 1 is 1.57 bits per heavy atom. The molecule has 1 atom stereocenters. The third kappa shape index (κ3) is 1.32. The number of aromatic nitrogens is 1. The molecule has 2 rings (SSSR count). The van der Waals surface area contributed by atoms with Crippen LogP contribution in [0.25, 0.3) is 0 Å². The number of aliphatic carboxylic acids is 1. The van der Waals surface area contributed by atoms with E-state index in [-0.39, 0.29) is 12.3 Å². The molecule has 0 saturated heterocycles. The van der Waals surface area contributed by atoms with Crippen molar-refractivity contribution < 1.29 is 19.3 Å². The SMILES string of the molecule is O=C(O)CC1C(=O)Nc2cccc[n+]21. The quantitative estimate of drug-likeness (QED) is 0.646. The monoisotopic (exact) mass is 193 g/mol. The number of pyridine rings is 1. The molecule has 2 N–H and O–H groups in total. The first-order valence-electron chi connectivity index (χ1n) is 4.21. The van der Waals surface area contributed by atoms with E-state index in [1.54, 1.807) is 29.0 Å². The van der Waals surface area contributed by atoms with Crippen LogP contribution in [0.15, 0.2) is 24.4 Å². The molecule has 0 aromatic carbocycles. The number of carboxylic acids is 1. The van der Waals surface area contributed by atoms with Gasteiger partial charge >= 0.3 is 11.9 Å². The zero-order chi connectivity index (χ0) is 10.1. The number of nitrogens with one attached hydrogen (secondary N) is 1. The van der Waals surface area contributed by atoms with Crippen LogP contribution in [0.2, 0.25) is 0 Å². The molecule has 0 saturated carbocycles. The molecule has 72 valence electrons. The van der Waals surface area contributed by atoms with Crippen molar-refractivity contribution in [3.8, 4) is 0 Å². The van der Waals surface area contributed by atoms with Crippen molar-refractivity contribution in [1.82, 2.24) is 0 Å². The van der Waals surface area contributed by atoms with Gasteiger partial charge in [-0.15, -0.1) is 0 Å². The maximum Gasteiger partial charge on any atom is 0.353 e. The number of nitrogens with zero attached hydrogens (tertiary/aromatic N) is 1. The number of amides is 1. The van der Waals surface area contributed by atoms with Crippen molar-refractivity contribution in [2.24, 2.45) is 0 Å². The molecule has 5 heteroatoms. The van der Waals surface area contributed by atoms with E-state index in [2.05, 4.69) is 5.32 Å². The van der Waals surface area contributed by atoms with Gasteiger partial charge in [0.2, 0.25) is 6.04 Å². The number of carboxylic acid groups (broad SMARTS) is 1. The molecule has 1 aromatic rings.